The molecule has 0 aliphatic rings. The third-order valence-corrected chi connectivity index (χ3v) is 2.16. The lowest BCUT2D eigenvalue weighted by Crippen LogP contribution is -2.27. The van der Waals surface area contributed by atoms with Gasteiger partial charge in [0, 0.05) is 12.1 Å². The number of phenols is 1. The average molecular weight is 213 g/mol. The van der Waals surface area contributed by atoms with Crippen molar-refractivity contribution in [2.24, 2.45) is 5.73 Å². The number of benzene rings is 1. The van der Waals surface area contributed by atoms with E-state index >= 15 is 0 Å². The van der Waals surface area contributed by atoms with Gasteiger partial charge in [0.05, 0.1) is 13.2 Å². The monoisotopic (exact) mass is 213 g/mol. The van der Waals surface area contributed by atoms with Crippen LogP contribution in [0.25, 0.3) is 0 Å². The van der Waals surface area contributed by atoms with Crippen molar-refractivity contribution in [3.8, 4) is 11.5 Å². The van der Waals surface area contributed by atoms with Gasteiger partial charge in [0.1, 0.15) is 17.6 Å². The Balaban J connectivity index is 3.01. The van der Waals surface area contributed by atoms with Crippen LogP contribution in [0.4, 0.5) is 0 Å². The molecule has 0 aliphatic carbocycles. The van der Waals surface area contributed by atoms with Crippen LogP contribution in [0, 0.1) is 0 Å². The molecular weight excluding hydrogens is 198 g/mol. The summed E-state index contributed by atoms with van der Waals surface area (Å²) in [5.41, 5.74) is 5.41. The van der Waals surface area contributed by atoms with Crippen LogP contribution >= 0.6 is 0 Å². The fraction of sp³-hybridized carbons (Fsp3) is 0.400. The van der Waals surface area contributed by atoms with Crippen molar-refractivity contribution in [3.05, 3.63) is 23.8 Å². The van der Waals surface area contributed by atoms with E-state index in [0.717, 1.165) is 0 Å². The van der Waals surface area contributed by atoms with E-state index < -0.39 is 12.2 Å². The molecule has 1 aromatic carbocycles. The molecule has 0 saturated heterocycles. The summed E-state index contributed by atoms with van der Waals surface area (Å²) in [5, 5.41) is 28.5. The smallest absolute Gasteiger partial charge is 0.121 e. The molecule has 0 saturated carbocycles. The third kappa shape index (κ3) is 2.59. The van der Waals surface area contributed by atoms with E-state index in [0.29, 0.717) is 5.75 Å². The number of rotatable bonds is 4. The number of aliphatic hydroxyl groups excluding tert-OH is 2. The van der Waals surface area contributed by atoms with Gasteiger partial charge < -0.3 is 25.8 Å². The zero-order chi connectivity index (χ0) is 11.4. The van der Waals surface area contributed by atoms with Gasteiger partial charge in [-0.15, -0.1) is 0 Å². The first kappa shape index (κ1) is 11.8. The first-order valence-corrected chi connectivity index (χ1v) is 4.53. The van der Waals surface area contributed by atoms with Gasteiger partial charge in [0.2, 0.25) is 0 Å². The van der Waals surface area contributed by atoms with Gasteiger partial charge >= 0.3 is 0 Å². The maximum Gasteiger partial charge on any atom is 0.121 e. The largest absolute Gasteiger partial charge is 0.508 e. The third-order valence-electron chi connectivity index (χ3n) is 2.16. The Kier molecular flexibility index (Phi) is 3.90. The Morgan fingerprint density at radius 1 is 1.40 bits per heavy atom. The van der Waals surface area contributed by atoms with Crippen molar-refractivity contribution < 1.29 is 20.1 Å². The molecule has 2 atom stereocenters. The topological polar surface area (TPSA) is 95.9 Å². The highest BCUT2D eigenvalue weighted by atomic mass is 16.5. The van der Waals surface area contributed by atoms with Gasteiger partial charge in [-0.3, -0.25) is 0 Å². The van der Waals surface area contributed by atoms with Gasteiger partial charge in [-0.1, -0.05) is 0 Å². The van der Waals surface area contributed by atoms with Crippen LogP contribution in [0.2, 0.25) is 0 Å². The summed E-state index contributed by atoms with van der Waals surface area (Å²) >= 11 is 0. The molecule has 5 nitrogen and oxygen atoms in total. The van der Waals surface area contributed by atoms with Crippen molar-refractivity contribution in [1.29, 1.82) is 0 Å². The number of ether oxygens (including phenoxy) is 1. The van der Waals surface area contributed by atoms with E-state index in [4.69, 9.17) is 10.5 Å². The summed E-state index contributed by atoms with van der Waals surface area (Å²) in [6, 6.07) is 4.40. The standard InChI is InChI=1S/C10H15NO4/c1-15-6-2-3-8(12)7(4-6)10(14)9(13)5-11/h2-4,9-10,12-14H,5,11H2,1H3. The zero-order valence-corrected chi connectivity index (χ0v) is 8.42. The fourth-order valence-corrected chi connectivity index (χ4v) is 1.23. The number of methoxy groups -OCH3 is 1. The molecule has 0 aliphatic heterocycles. The van der Waals surface area contributed by atoms with Gasteiger partial charge in [0.15, 0.2) is 0 Å². The fourth-order valence-electron chi connectivity index (χ4n) is 1.23. The molecule has 15 heavy (non-hydrogen) atoms. The minimum Gasteiger partial charge on any atom is -0.508 e. The maximum absolute atomic E-state index is 9.64. The number of aromatic hydroxyl groups is 1. The summed E-state index contributed by atoms with van der Waals surface area (Å²) in [7, 11) is 1.47. The lowest BCUT2D eigenvalue weighted by molar-refractivity contribution is 0.0228. The molecule has 0 bridgehead atoms. The van der Waals surface area contributed by atoms with Crippen LogP contribution in [0.1, 0.15) is 11.7 Å². The minimum atomic E-state index is -1.22. The van der Waals surface area contributed by atoms with Crippen LogP contribution < -0.4 is 10.5 Å². The predicted molar refractivity (Wildman–Crippen MR) is 54.7 cm³/mol. The number of nitrogens with two attached hydrogens (primary N) is 1. The van der Waals surface area contributed by atoms with Gasteiger partial charge in [-0.25, -0.2) is 0 Å². The van der Waals surface area contributed by atoms with Crippen LogP contribution in [0.3, 0.4) is 0 Å². The Hall–Kier alpha value is -1.30. The normalized spacial score (nSPS) is 14.7. The summed E-state index contributed by atoms with van der Waals surface area (Å²) < 4.78 is 4.94. The minimum absolute atomic E-state index is 0.0855. The lowest BCUT2D eigenvalue weighted by atomic mass is 10.0. The second kappa shape index (κ2) is 4.97. The van der Waals surface area contributed by atoms with Crippen molar-refractivity contribution in [3.63, 3.8) is 0 Å². The molecule has 1 rings (SSSR count). The molecule has 0 aromatic heterocycles. The SMILES string of the molecule is COc1ccc(O)c(C(O)C(O)CN)c1. The molecule has 2 unspecified atom stereocenters. The Bertz CT molecular complexity index is 329. The quantitative estimate of drug-likeness (QED) is 0.553. The number of aliphatic hydroxyl groups is 2. The molecule has 0 heterocycles. The molecule has 0 fully saturated rings. The first-order chi connectivity index (χ1) is 7.10. The molecule has 0 spiro atoms. The average Bonchev–Trinajstić information content (AvgIpc) is 2.27. The maximum atomic E-state index is 9.64. The Morgan fingerprint density at radius 3 is 2.60 bits per heavy atom. The van der Waals surface area contributed by atoms with Gasteiger partial charge in [-0.05, 0) is 18.2 Å². The van der Waals surface area contributed by atoms with Crippen molar-refractivity contribution in [2.45, 2.75) is 12.2 Å². The first-order valence-electron chi connectivity index (χ1n) is 4.53. The lowest BCUT2D eigenvalue weighted by Gasteiger charge is -2.18. The number of phenolic OH excluding ortho intramolecular Hbond substituents is 1. The Morgan fingerprint density at radius 2 is 2.07 bits per heavy atom. The van der Waals surface area contributed by atoms with Crippen LogP contribution in [-0.2, 0) is 0 Å². The summed E-state index contributed by atoms with van der Waals surface area (Å²) in [6.07, 6.45) is -2.33. The number of hydrogen-bond acceptors (Lipinski definition) is 5. The number of hydrogen-bond donors (Lipinski definition) is 4. The van der Waals surface area contributed by atoms with Gasteiger partial charge in [-0.2, -0.15) is 0 Å². The van der Waals surface area contributed by atoms with Crippen LogP contribution in [0.5, 0.6) is 11.5 Å². The summed E-state index contributed by atoms with van der Waals surface area (Å²) in [5.74, 6) is 0.391. The predicted octanol–water partition coefficient (Wildman–Crippen LogP) is -0.246. The second-order valence-corrected chi connectivity index (χ2v) is 3.17. The van der Waals surface area contributed by atoms with E-state index in [2.05, 4.69) is 0 Å². The highest BCUT2D eigenvalue weighted by Gasteiger charge is 2.20. The van der Waals surface area contributed by atoms with Crippen molar-refractivity contribution >= 4 is 0 Å². The molecule has 1 aromatic rings. The summed E-state index contributed by atoms with van der Waals surface area (Å²) in [6.45, 7) is -0.0855. The van der Waals surface area contributed by atoms with E-state index in [1.54, 1.807) is 6.07 Å². The Labute approximate surface area is 87.7 Å². The van der Waals surface area contributed by atoms with Crippen LogP contribution in [-0.4, -0.2) is 35.1 Å². The van der Waals surface area contributed by atoms with Crippen molar-refractivity contribution in [2.75, 3.05) is 13.7 Å². The van der Waals surface area contributed by atoms with Gasteiger partial charge in [0.25, 0.3) is 0 Å². The van der Waals surface area contributed by atoms with Crippen molar-refractivity contribution in [1.82, 2.24) is 0 Å². The van der Waals surface area contributed by atoms with E-state index in [1.165, 1.54) is 19.2 Å². The van der Waals surface area contributed by atoms with E-state index in [9.17, 15) is 15.3 Å². The van der Waals surface area contributed by atoms with E-state index in [1.807, 2.05) is 0 Å². The molecule has 84 valence electrons. The highest BCUT2D eigenvalue weighted by molar-refractivity contribution is 5.41. The molecule has 5 heteroatoms. The zero-order valence-electron chi connectivity index (χ0n) is 8.42. The molecule has 0 amide bonds. The molecule has 0 radical (unpaired) electrons. The molecule has 5 N–H and O–H groups in total. The highest BCUT2D eigenvalue weighted by Crippen LogP contribution is 2.29. The summed E-state index contributed by atoms with van der Waals surface area (Å²) in [4.78, 5) is 0. The van der Waals surface area contributed by atoms with Crippen LogP contribution in [0.15, 0.2) is 18.2 Å². The second-order valence-electron chi connectivity index (χ2n) is 3.17. The molecular formula is C10H15NO4. The van der Waals surface area contributed by atoms with E-state index in [-0.39, 0.29) is 17.9 Å².